The van der Waals surface area contributed by atoms with Crippen LogP contribution in [0, 0.1) is 5.41 Å². The average Bonchev–Trinajstić information content (AvgIpc) is 3.34. The number of fused-ring (bicyclic) bond motifs is 1. The number of rotatable bonds is 9. The minimum absolute atomic E-state index is 0.00448. The number of nitrogens with two attached hydrogens (primary N) is 1. The fraction of sp³-hybridized carbons (Fsp3) is 0.565. The Bertz CT molecular complexity index is 1140. The fourth-order valence-corrected chi connectivity index (χ4v) is 6.04. The van der Waals surface area contributed by atoms with E-state index in [-0.39, 0.29) is 30.4 Å². The highest BCUT2D eigenvalue weighted by molar-refractivity contribution is 7.88. The van der Waals surface area contributed by atoms with E-state index < -0.39 is 10.0 Å². The van der Waals surface area contributed by atoms with Gasteiger partial charge in [-0.25, -0.2) is 8.42 Å². The van der Waals surface area contributed by atoms with E-state index in [1.54, 1.807) is 0 Å². The zero-order chi connectivity index (χ0) is 23.0. The third-order valence-electron chi connectivity index (χ3n) is 6.72. The summed E-state index contributed by atoms with van der Waals surface area (Å²) in [5, 5.41) is 8.83. The topological polar surface area (TPSA) is 112 Å². The molecule has 2 aliphatic rings. The maximum atomic E-state index is 13.0. The van der Waals surface area contributed by atoms with Crippen LogP contribution in [0.15, 0.2) is 24.3 Å². The van der Waals surface area contributed by atoms with E-state index in [9.17, 15) is 13.2 Å². The first kappa shape index (κ1) is 22.8. The largest absolute Gasteiger partial charge is 0.384 e. The van der Waals surface area contributed by atoms with E-state index in [1.807, 2.05) is 23.1 Å². The number of nitrogens with zero attached hydrogens (tertiary/aromatic N) is 3. The Hall–Kier alpha value is -2.39. The van der Waals surface area contributed by atoms with Crippen LogP contribution in [0.25, 0.3) is 10.9 Å². The normalized spacial score (nSPS) is 19.2. The predicted octanol–water partition coefficient (Wildman–Crippen LogP) is 2.29. The molecule has 1 saturated carbocycles. The van der Waals surface area contributed by atoms with Crippen LogP contribution in [0.2, 0.25) is 0 Å². The molecule has 3 N–H and O–H groups in total. The molecule has 1 atom stereocenters. The van der Waals surface area contributed by atoms with E-state index in [0.29, 0.717) is 6.54 Å². The minimum atomic E-state index is -3.37. The molecule has 2 heterocycles. The number of nitrogen functional groups attached to an aromatic ring is 1. The lowest BCUT2D eigenvalue weighted by atomic mass is 10.1. The number of amides is 1. The van der Waals surface area contributed by atoms with Gasteiger partial charge in [0.1, 0.15) is 5.84 Å². The minimum Gasteiger partial charge on any atom is -0.384 e. The molecule has 174 valence electrons. The van der Waals surface area contributed by atoms with Gasteiger partial charge in [-0.05, 0) is 63.0 Å². The first-order valence-electron chi connectivity index (χ1n) is 11.4. The number of likely N-dealkylation sites (tertiary alicyclic amines) is 1. The third-order valence-corrected chi connectivity index (χ3v) is 8.00. The standard InChI is InChI=1S/C23H33N5O3S/c1-3-26-20(13-16-6-7-17(23(24)25)14-21(16)26)11-8-18-5-4-12-27(18)22(29)15-28(19-9-10-19)32(2,30)31/h6-7,13-14,18-19H,3-5,8-12,15H2,1-2H3,(H3,24,25)/t18-/m0/s1. The monoisotopic (exact) mass is 459 g/mol. The predicted molar refractivity (Wildman–Crippen MR) is 126 cm³/mol. The van der Waals surface area contributed by atoms with Gasteiger partial charge in [0.25, 0.3) is 0 Å². The number of nitrogens with one attached hydrogen (secondary N) is 1. The summed E-state index contributed by atoms with van der Waals surface area (Å²) in [6.45, 7) is 3.58. The number of carbonyl (C=O) groups excluding carboxylic acids is 1. The Morgan fingerprint density at radius 3 is 2.62 bits per heavy atom. The lowest BCUT2D eigenvalue weighted by Gasteiger charge is -2.28. The summed E-state index contributed by atoms with van der Waals surface area (Å²) in [6, 6.07) is 8.16. The number of aryl methyl sites for hydroxylation is 2. The number of aromatic nitrogens is 1. The van der Waals surface area contributed by atoms with Crippen molar-refractivity contribution in [2.45, 2.75) is 64.1 Å². The van der Waals surface area contributed by atoms with Crippen molar-refractivity contribution in [3.05, 3.63) is 35.5 Å². The summed E-state index contributed by atoms with van der Waals surface area (Å²) < 4.78 is 27.8. The molecule has 0 spiro atoms. The quantitative estimate of drug-likeness (QED) is 0.442. The van der Waals surface area contributed by atoms with Gasteiger partial charge in [0.2, 0.25) is 15.9 Å². The van der Waals surface area contributed by atoms with Crippen LogP contribution < -0.4 is 5.73 Å². The second kappa shape index (κ2) is 8.86. The molecule has 1 aromatic heterocycles. The van der Waals surface area contributed by atoms with Crippen molar-refractivity contribution in [3.63, 3.8) is 0 Å². The van der Waals surface area contributed by atoms with Crippen LogP contribution in [0.4, 0.5) is 0 Å². The smallest absolute Gasteiger partial charge is 0.238 e. The maximum absolute atomic E-state index is 13.0. The second-order valence-corrected chi connectivity index (χ2v) is 11.0. The Morgan fingerprint density at radius 1 is 1.25 bits per heavy atom. The molecular weight excluding hydrogens is 426 g/mol. The second-order valence-electron chi connectivity index (χ2n) is 9.03. The van der Waals surface area contributed by atoms with Gasteiger partial charge in [-0.15, -0.1) is 0 Å². The lowest BCUT2D eigenvalue weighted by Crippen LogP contribution is -2.45. The molecular formula is C23H33N5O3S. The van der Waals surface area contributed by atoms with Crippen molar-refractivity contribution in [3.8, 4) is 0 Å². The molecule has 1 aromatic carbocycles. The van der Waals surface area contributed by atoms with Crippen LogP contribution in [0.3, 0.4) is 0 Å². The van der Waals surface area contributed by atoms with Crippen LogP contribution in [0.1, 0.15) is 50.3 Å². The molecule has 32 heavy (non-hydrogen) atoms. The zero-order valence-corrected chi connectivity index (χ0v) is 19.7. The number of sulfonamides is 1. The van der Waals surface area contributed by atoms with Gasteiger partial charge in [-0.3, -0.25) is 10.2 Å². The van der Waals surface area contributed by atoms with Crippen LogP contribution >= 0.6 is 0 Å². The maximum Gasteiger partial charge on any atom is 0.238 e. The van der Waals surface area contributed by atoms with Crippen LogP contribution in [-0.4, -0.2) is 65.4 Å². The molecule has 1 aliphatic carbocycles. The molecule has 9 heteroatoms. The van der Waals surface area contributed by atoms with Crippen molar-refractivity contribution in [2.24, 2.45) is 5.73 Å². The first-order valence-corrected chi connectivity index (χ1v) is 13.3. The molecule has 1 aliphatic heterocycles. The van der Waals surface area contributed by atoms with Crippen LogP contribution in [0.5, 0.6) is 0 Å². The number of hydrogen-bond donors (Lipinski definition) is 2. The molecule has 4 rings (SSSR count). The highest BCUT2D eigenvalue weighted by atomic mass is 32.2. The summed E-state index contributed by atoms with van der Waals surface area (Å²) in [5.74, 6) is -0.0151. The summed E-state index contributed by atoms with van der Waals surface area (Å²) >= 11 is 0. The zero-order valence-electron chi connectivity index (χ0n) is 18.9. The third kappa shape index (κ3) is 4.68. The summed E-state index contributed by atoms with van der Waals surface area (Å²) in [5.41, 5.74) is 8.66. The van der Waals surface area contributed by atoms with E-state index in [1.165, 1.54) is 16.3 Å². The Labute approximate surface area is 189 Å². The molecule has 1 saturated heterocycles. The van der Waals surface area contributed by atoms with Gasteiger partial charge >= 0.3 is 0 Å². The van der Waals surface area contributed by atoms with Gasteiger partial charge < -0.3 is 15.2 Å². The summed E-state index contributed by atoms with van der Waals surface area (Å²) in [4.78, 5) is 14.9. The van der Waals surface area contributed by atoms with Gasteiger partial charge in [0.15, 0.2) is 0 Å². The lowest BCUT2D eigenvalue weighted by molar-refractivity contribution is -0.132. The average molecular weight is 460 g/mol. The van der Waals surface area contributed by atoms with Crippen molar-refractivity contribution >= 4 is 32.7 Å². The molecule has 8 nitrogen and oxygen atoms in total. The van der Waals surface area contributed by atoms with Crippen molar-refractivity contribution in [1.29, 1.82) is 5.41 Å². The Morgan fingerprint density at radius 2 is 2.00 bits per heavy atom. The molecule has 0 unspecified atom stereocenters. The van der Waals surface area contributed by atoms with Gasteiger partial charge in [-0.1, -0.05) is 12.1 Å². The van der Waals surface area contributed by atoms with Crippen molar-refractivity contribution < 1.29 is 13.2 Å². The van der Waals surface area contributed by atoms with Gasteiger partial charge in [0.05, 0.1) is 12.8 Å². The highest BCUT2D eigenvalue weighted by Gasteiger charge is 2.38. The Balaban J connectivity index is 1.46. The molecule has 2 fully saturated rings. The van der Waals surface area contributed by atoms with Crippen LogP contribution in [-0.2, 0) is 27.8 Å². The summed E-state index contributed by atoms with van der Waals surface area (Å²) in [6.07, 6.45) is 6.48. The molecule has 0 radical (unpaired) electrons. The van der Waals surface area contributed by atoms with Crippen molar-refractivity contribution in [2.75, 3.05) is 19.3 Å². The SMILES string of the molecule is CCn1c(CC[C@@H]2CCCN2C(=O)CN(C2CC2)S(C)(=O)=O)cc2ccc(C(=N)N)cc21. The van der Waals surface area contributed by atoms with E-state index in [4.69, 9.17) is 11.1 Å². The number of hydrogen-bond acceptors (Lipinski definition) is 4. The number of benzene rings is 1. The molecule has 0 bridgehead atoms. The van der Waals surface area contributed by atoms with E-state index in [0.717, 1.165) is 61.5 Å². The number of amidine groups is 1. The Kier molecular flexibility index (Phi) is 6.31. The van der Waals surface area contributed by atoms with Gasteiger partial charge in [-0.2, -0.15) is 4.31 Å². The van der Waals surface area contributed by atoms with E-state index >= 15 is 0 Å². The first-order chi connectivity index (χ1) is 15.2. The molecule has 1 amide bonds. The fourth-order valence-electron chi connectivity index (χ4n) is 4.94. The van der Waals surface area contributed by atoms with E-state index in [2.05, 4.69) is 17.6 Å². The number of carbonyl (C=O) groups is 1. The van der Waals surface area contributed by atoms with Crippen molar-refractivity contribution in [1.82, 2.24) is 13.8 Å². The molecule has 2 aromatic rings. The van der Waals surface area contributed by atoms with Gasteiger partial charge in [0, 0.05) is 41.9 Å². The summed E-state index contributed by atoms with van der Waals surface area (Å²) in [7, 11) is -3.37. The highest BCUT2D eigenvalue weighted by Crippen LogP contribution is 2.30.